The molecule has 0 N–H and O–H groups in total. The van der Waals surface area contributed by atoms with E-state index in [9.17, 15) is 9.59 Å². The van der Waals surface area contributed by atoms with Crippen LogP contribution in [0.1, 0.15) is 45.2 Å². The second kappa shape index (κ2) is 9.65. The zero-order valence-corrected chi connectivity index (χ0v) is 22.4. The van der Waals surface area contributed by atoms with E-state index in [2.05, 4.69) is 29.4 Å². The highest BCUT2D eigenvalue weighted by Gasteiger charge is 2.61. The van der Waals surface area contributed by atoms with Crippen molar-refractivity contribution in [3.05, 3.63) is 129 Å². The Hall–Kier alpha value is -4.42. The number of carbonyl (C=O) groups is 2. The molecule has 40 heavy (non-hydrogen) atoms. The van der Waals surface area contributed by atoms with Gasteiger partial charge in [-0.3, -0.25) is 9.59 Å². The molecule has 0 radical (unpaired) electrons. The smallest absolute Gasteiger partial charge is 0.254 e. The van der Waals surface area contributed by atoms with Gasteiger partial charge in [-0.2, -0.15) is 10.1 Å². The molecule has 1 saturated heterocycles. The second-order valence-corrected chi connectivity index (χ2v) is 10.7. The largest absolute Gasteiger partial charge is 0.493 e. The summed E-state index contributed by atoms with van der Waals surface area (Å²) in [7, 11) is 1.56. The molecule has 7 heteroatoms. The summed E-state index contributed by atoms with van der Waals surface area (Å²) in [6, 6.07) is 29.2. The first kappa shape index (κ1) is 24.6. The van der Waals surface area contributed by atoms with E-state index in [-0.39, 0.29) is 30.3 Å². The van der Waals surface area contributed by atoms with Crippen molar-refractivity contribution in [2.45, 2.75) is 18.4 Å². The predicted molar refractivity (Wildman–Crippen MR) is 152 cm³/mol. The number of carbonyl (C=O) groups excluding carboxylic acids is 2. The van der Waals surface area contributed by atoms with Crippen LogP contribution < -0.4 is 9.47 Å². The maximum absolute atomic E-state index is 13.7. The van der Waals surface area contributed by atoms with E-state index in [0.29, 0.717) is 22.1 Å². The monoisotopic (exact) mass is 548 g/mol. The highest BCUT2D eigenvalue weighted by atomic mass is 35.5. The fraction of sp³-hybridized carbons (Fsp3) is 0.182. The minimum absolute atomic E-state index is 0.159. The number of amides is 2. The van der Waals surface area contributed by atoms with Crippen molar-refractivity contribution < 1.29 is 19.1 Å². The molecule has 2 unspecified atom stereocenters. The van der Waals surface area contributed by atoms with Gasteiger partial charge in [-0.05, 0) is 52.1 Å². The number of benzene rings is 4. The fourth-order valence-corrected chi connectivity index (χ4v) is 6.74. The topological polar surface area (TPSA) is 68.2 Å². The van der Waals surface area contributed by atoms with Crippen molar-refractivity contribution in [1.29, 1.82) is 0 Å². The molecule has 2 amide bonds. The van der Waals surface area contributed by atoms with Gasteiger partial charge in [-0.25, -0.2) is 0 Å². The molecule has 3 aliphatic carbocycles. The van der Waals surface area contributed by atoms with Crippen LogP contribution in [0.25, 0.3) is 0 Å². The summed E-state index contributed by atoms with van der Waals surface area (Å²) in [5.41, 5.74) is 6.08. The Labute approximate surface area is 236 Å². The second-order valence-electron chi connectivity index (χ2n) is 10.3. The van der Waals surface area contributed by atoms with Gasteiger partial charge in [-0.15, -0.1) is 0 Å². The van der Waals surface area contributed by atoms with Gasteiger partial charge < -0.3 is 9.47 Å². The minimum atomic E-state index is -0.463. The van der Waals surface area contributed by atoms with Gasteiger partial charge in [0.15, 0.2) is 11.5 Å². The van der Waals surface area contributed by atoms with E-state index in [1.165, 1.54) is 6.21 Å². The Bertz CT molecular complexity index is 1580. The molecule has 4 aromatic rings. The van der Waals surface area contributed by atoms with Crippen molar-refractivity contribution in [2.75, 3.05) is 7.11 Å². The number of rotatable bonds is 6. The number of halogens is 1. The van der Waals surface area contributed by atoms with Gasteiger partial charge in [0.2, 0.25) is 0 Å². The molecule has 6 nitrogen and oxygen atoms in total. The lowest BCUT2D eigenvalue weighted by Crippen LogP contribution is -2.41. The number of hydrazone groups is 1. The van der Waals surface area contributed by atoms with Crippen LogP contribution in [0.3, 0.4) is 0 Å². The maximum atomic E-state index is 13.7. The standard InChI is InChI=1S/C33H25ClN2O4/c1-39-27-16-19(14-15-26(27)40-18-20-8-2-7-13-25(20)34)17-35-36-32(37)30-28-21-9-3-4-10-22(21)29(31(30)33(36)38)24-12-6-5-11-23(24)28/h2-17,28-31H,18H2,1H3/b35-17+. The molecule has 0 aromatic heterocycles. The minimum Gasteiger partial charge on any atom is -0.493 e. The molecule has 4 aromatic carbocycles. The molecule has 0 spiro atoms. The van der Waals surface area contributed by atoms with Crippen molar-refractivity contribution in [3.63, 3.8) is 0 Å². The number of nitrogens with zero attached hydrogens (tertiary/aromatic N) is 2. The van der Waals surface area contributed by atoms with Crippen LogP contribution in [0.5, 0.6) is 11.5 Å². The van der Waals surface area contributed by atoms with Crippen molar-refractivity contribution in [2.24, 2.45) is 16.9 Å². The van der Waals surface area contributed by atoms with E-state index < -0.39 is 11.8 Å². The van der Waals surface area contributed by atoms with Gasteiger partial charge in [-0.1, -0.05) is 78.3 Å². The fourth-order valence-electron chi connectivity index (χ4n) is 6.55. The SMILES string of the molecule is COc1cc(/C=N/N2C(=O)C3C4c5ccccc5C(c5ccccc54)C3C2=O)ccc1OCc1ccccc1Cl. The molecule has 2 atom stereocenters. The lowest BCUT2D eigenvalue weighted by Gasteiger charge is -2.45. The molecular weight excluding hydrogens is 524 g/mol. The molecule has 2 bridgehead atoms. The molecule has 4 aliphatic rings. The summed E-state index contributed by atoms with van der Waals surface area (Å²) in [6.07, 6.45) is 1.52. The van der Waals surface area contributed by atoms with Gasteiger partial charge in [0, 0.05) is 22.4 Å². The third-order valence-electron chi connectivity index (χ3n) is 8.28. The van der Waals surface area contributed by atoms with Crippen LogP contribution in [0, 0.1) is 11.8 Å². The Morgan fingerprint density at radius 2 is 1.32 bits per heavy atom. The quantitative estimate of drug-likeness (QED) is 0.214. The molecule has 0 saturated carbocycles. The number of hydrogen-bond acceptors (Lipinski definition) is 5. The summed E-state index contributed by atoms with van der Waals surface area (Å²) in [5, 5.41) is 6.11. The molecular formula is C33H25ClN2O4. The van der Waals surface area contributed by atoms with E-state index in [1.54, 1.807) is 25.3 Å². The third kappa shape index (κ3) is 3.74. The zero-order valence-electron chi connectivity index (χ0n) is 21.7. The molecule has 1 aliphatic heterocycles. The van der Waals surface area contributed by atoms with E-state index in [1.807, 2.05) is 48.5 Å². The van der Waals surface area contributed by atoms with Crippen LogP contribution in [0.15, 0.2) is 96.1 Å². The maximum Gasteiger partial charge on any atom is 0.254 e. The van der Waals surface area contributed by atoms with Crippen LogP contribution in [0.2, 0.25) is 5.02 Å². The van der Waals surface area contributed by atoms with Crippen molar-refractivity contribution in [3.8, 4) is 11.5 Å². The Balaban J connectivity index is 1.16. The van der Waals surface area contributed by atoms with Crippen LogP contribution in [0.4, 0.5) is 0 Å². The first-order chi connectivity index (χ1) is 19.6. The third-order valence-corrected chi connectivity index (χ3v) is 8.64. The summed E-state index contributed by atoms with van der Waals surface area (Å²) in [5.74, 6) is -0.695. The van der Waals surface area contributed by atoms with Crippen LogP contribution in [-0.2, 0) is 16.2 Å². The van der Waals surface area contributed by atoms with Gasteiger partial charge in [0.05, 0.1) is 25.2 Å². The Kier molecular flexibility index (Phi) is 5.93. The number of imide groups is 1. The van der Waals surface area contributed by atoms with Gasteiger partial charge in [0.25, 0.3) is 11.8 Å². The summed E-state index contributed by atoms with van der Waals surface area (Å²) in [4.78, 5) is 27.5. The number of ether oxygens (including phenoxy) is 2. The number of hydrogen-bond donors (Lipinski definition) is 0. The van der Waals surface area contributed by atoms with Crippen molar-refractivity contribution in [1.82, 2.24) is 5.01 Å². The first-order valence-electron chi connectivity index (χ1n) is 13.2. The summed E-state index contributed by atoms with van der Waals surface area (Å²) >= 11 is 6.25. The first-order valence-corrected chi connectivity index (χ1v) is 13.6. The normalized spacial score (nSPS) is 22.3. The van der Waals surface area contributed by atoms with E-state index in [4.69, 9.17) is 21.1 Å². The average molecular weight is 549 g/mol. The summed E-state index contributed by atoms with van der Waals surface area (Å²) in [6.45, 7) is 0.288. The average Bonchev–Trinajstić information content (AvgIpc) is 3.25. The highest BCUT2D eigenvalue weighted by molar-refractivity contribution is 6.31. The van der Waals surface area contributed by atoms with Gasteiger partial charge in [0.1, 0.15) is 6.61 Å². The van der Waals surface area contributed by atoms with Gasteiger partial charge >= 0.3 is 0 Å². The van der Waals surface area contributed by atoms with E-state index >= 15 is 0 Å². The van der Waals surface area contributed by atoms with Crippen LogP contribution >= 0.6 is 11.6 Å². The lowest BCUT2D eigenvalue weighted by molar-refractivity contribution is -0.139. The van der Waals surface area contributed by atoms with Crippen molar-refractivity contribution >= 4 is 29.6 Å². The van der Waals surface area contributed by atoms with Crippen LogP contribution in [-0.4, -0.2) is 30.1 Å². The highest BCUT2D eigenvalue weighted by Crippen LogP contribution is 2.60. The zero-order chi connectivity index (χ0) is 27.4. The predicted octanol–water partition coefficient (Wildman–Crippen LogP) is 6.15. The van der Waals surface area contributed by atoms with E-state index in [0.717, 1.165) is 32.8 Å². The Morgan fingerprint density at radius 1 is 0.775 bits per heavy atom. The number of methoxy groups -OCH3 is 1. The molecule has 1 fully saturated rings. The Morgan fingerprint density at radius 3 is 1.88 bits per heavy atom. The molecule has 8 rings (SSSR count). The molecule has 1 heterocycles. The summed E-state index contributed by atoms with van der Waals surface area (Å²) < 4.78 is 11.5. The molecule has 198 valence electrons. The lowest BCUT2D eigenvalue weighted by atomic mass is 9.55.